The van der Waals surface area contributed by atoms with Crippen molar-refractivity contribution in [3.05, 3.63) is 57.5 Å². The Bertz CT molecular complexity index is 987. The van der Waals surface area contributed by atoms with Gasteiger partial charge < -0.3 is 15.2 Å². The second-order valence-electron chi connectivity index (χ2n) is 7.22. The average Bonchev–Trinajstić information content (AvgIpc) is 2.73. The summed E-state index contributed by atoms with van der Waals surface area (Å²) in [7, 11) is 0. The van der Waals surface area contributed by atoms with Crippen LogP contribution in [0.15, 0.2) is 35.1 Å². The largest absolute Gasteiger partial charge is 0.416 e. The summed E-state index contributed by atoms with van der Waals surface area (Å²) in [6.45, 7) is 3.91. The fourth-order valence-electron chi connectivity index (χ4n) is 3.28. The van der Waals surface area contributed by atoms with Crippen LogP contribution in [0.1, 0.15) is 21.7 Å². The third-order valence-electron chi connectivity index (χ3n) is 4.88. The number of aliphatic hydroxyl groups is 1. The first kappa shape index (κ1) is 22.9. The first-order chi connectivity index (χ1) is 14.7. The molecule has 31 heavy (non-hydrogen) atoms. The van der Waals surface area contributed by atoms with Crippen molar-refractivity contribution in [2.45, 2.75) is 19.1 Å². The fourth-order valence-corrected chi connectivity index (χ4v) is 3.28. The number of hydrogen-bond acceptors (Lipinski definition) is 6. The van der Waals surface area contributed by atoms with Crippen LogP contribution in [0.5, 0.6) is 0 Å². The Labute approximate surface area is 176 Å². The minimum absolute atomic E-state index is 0.0633. The molecule has 0 saturated carbocycles. The first-order valence-electron chi connectivity index (χ1n) is 9.69. The number of rotatable bonds is 6. The minimum atomic E-state index is -4.54. The Balaban J connectivity index is 1.85. The summed E-state index contributed by atoms with van der Waals surface area (Å²) in [6, 6.07) is 4.93. The highest BCUT2D eigenvalue weighted by Crippen LogP contribution is 2.30. The zero-order valence-electron chi connectivity index (χ0n) is 16.9. The first-order valence-corrected chi connectivity index (χ1v) is 9.69. The minimum Gasteiger partial charge on any atom is -0.394 e. The molecular weight excluding hydrogens is 417 g/mol. The van der Waals surface area contributed by atoms with E-state index < -0.39 is 34.8 Å². The highest BCUT2D eigenvalue weighted by Gasteiger charge is 2.31. The number of ether oxygens (including phenoxy) is 1. The smallest absolute Gasteiger partial charge is 0.394 e. The Morgan fingerprint density at radius 2 is 2.00 bits per heavy atom. The van der Waals surface area contributed by atoms with Gasteiger partial charge in [0.1, 0.15) is 0 Å². The second kappa shape index (κ2) is 9.58. The zero-order valence-corrected chi connectivity index (χ0v) is 16.9. The number of nitrogens with zero attached hydrogens (tertiary/aromatic N) is 3. The third-order valence-corrected chi connectivity index (χ3v) is 4.88. The molecule has 0 radical (unpaired) electrons. The molecule has 1 aliphatic rings. The third kappa shape index (κ3) is 5.69. The van der Waals surface area contributed by atoms with Crippen LogP contribution in [0.25, 0.3) is 5.69 Å². The number of amides is 1. The van der Waals surface area contributed by atoms with Crippen LogP contribution in [0.4, 0.5) is 13.2 Å². The topological polar surface area (TPSA) is 96.7 Å². The van der Waals surface area contributed by atoms with Gasteiger partial charge in [0.25, 0.3) is 5.91 Å². The molecule has 1 aromatic carbocycles. The van der Waals surface area contributed by atoms with E-state index in [4.69, 9.17) is 4.74 Å². The summed E-state index contributed by atoms with van der Waals surface area (Å²) < 4.78 is 45.5. The number of morpholine rings is 1. The molecule has 168 valence electrons. The molecule has 1 aromatic heterocycles. The predicted octanol–water partition coefficient (Wildman–Crippen LogP) is 0.983. The summed E-state index contributed by atoms with van der Waals surface area (Å²) in [4.78, 5) is 27.0. The van der Waals surface area contributed by atoms with Crippen LogP contribution in [0, 0.1) is 6.92 Å². The van der Waals surface area contributed by atoms with Crippen molar-refractivity contribution < 1.29 is 27.8 Å². The van der Waals surface area contributed by atoms with Gasteiger partial charge in [-0.3, -0.25) is 14.5 Å². The number of carbonyl (C=O) groups excluding carboxylic acids is 1. The monoisotopic (exact) mass is 440 g/mol. The van der Waals surface area contributed by atoms with Gasteiger partial charge in [-0.05, 0) is 25.1 Å². The lowest BCUT2D eigenvalue weighted by Gasteiger charge is -2.30. The molecule has 0 bridgehead atoms. The van der Waals surface area contributed by atoms with Crippen molar-refractivity contribution in [1.29, 1.82) is 0 Å². The van der Waals surface area contributed by atoms with E-state index in [1.165, 1.54) is 19.1 Å². The lowest BCUT2D eigenvalue weighted by Crippen LogP contribution is -2.49. The van der Waals surface area contributed by atoms with Crippen molar-refractivity contribution in [3.8, 4) is 5.69 Å². The molecule has 2 heterocycles. The van der Waals surface area contributed by atoms with Crippen LogP contribution in [-0.2, 0) is 10.9 Å². The second-order valence-corrected chi connectivity index (χ2v) is 7.22. The molecule has 1 fully saturated rings. The predicted molar refractivity (Wildman–Crippen MR) is 105 cm³/mol. The van der Waals surface area contributed by atoms with E-state index in [2.05, 4.69) is 10.4 Å². The molecule has 1 saturated heterocycles. The molecule has 2 N–H and O–H groups in total. The van der Waals surface area contributed by atoms with Crippen molar-refractivity contribution >= 4 is 5.91 Å². The normalized spacial score (nSPS) is 16.2. The number of aliphatic hydroxyl groups excluding tert-OH is 1. The van der Waals surface area contributed by atoms with Crippen LogP contribution in [-0.4, -0.2) is 71.2 Å². The Kier molecular flexibility index (Phi) is 7.08. The van der Waals surface area contributed by atoms with Gasteiger partial charge in [-0.1, -0.05) is 6.07 Å². The number of benzene rings is 1. The van der Waals surface area contributed by atoms with Gasteiger partial charge in [-0.15, -0.1) is 0 Å². The molecule has 3 rings (SSSR count). The molecular formula is C20H23F3N4O4. The van der Waals surface area contributed by atoms with E-state index in [0.717, 1.165) is 22.9 Å². The van der Waals surface area contributed by atoms with Crippen LogP contribution < -0.4 is 10.7 Å². The number of hydrogen-bond donors (Lipinski definition) is 2. The fraction of sp³-hybridized carbons (Fsp3) is 0.450. The van der Waals surface area contributed by atoms with Crippen molar-refractivity contribution in [2.75, 3.05) is 39.5 Å². The van der Waals surface area contributed by atoms with Gasteiger partial charge in [0.2, 0.25) is 5.43 Å². The van der Waals surface area contributed by atoms with Gasteiger partial charge in [-0.2, -0.15) is 18.3 Å². The molecule has 8 nitrogen and oxygen atoms in total. The van der Waals surface area contributed by atoms with Crippen LogP contribution in [0.3, 0.4) is 0 Å². The van der Waals surface area contributed by atoms with Crippen molar-refractivity contribution in [3.63, 3.8) is 0 Å². The van der Waals surface area contributed by atoms with Gasteiger partial charge in [0.15, 0.2) is 5.69 Å². The van der Waals surface area contributed by atoms with E-state index >= 15 is 0 Å². The standard InChI is InChI=1S/C20H23F3N4O4/c1-13-9-17(29)18(19(30)24-15(12-28)11-26-5-7-31-8-6-26)25-27(13)16-4-2-3-14(10-16)20(21,22)23/h2-4,9-10,15,28H,5-8,11-12H2,1H3,(H,24,30)/t15-/m1/s1. The maximum absolute atomic E-state index is 13.1. The summed E-state index contributed by atoms with van der Waals surface area (Å²) in [5.74, 6) is -0.807. The van der Waals surface area contributed by atoms with Crippen LogP contribution in [0.2, 0.25) is 0 Å². The zero-order chi connectivity index (χ0) is 22.6. The lowest BCUT2D eigenvalue weighted by atomic mass is 10.2. The molecule has 1 amide bonds. The SMILES string of the molecule is Cc1cc(=O)c(C(=O)N[C@@H](CO)CN2CCOCC2)nn1-c1cccc(C(F)(F)F)c1. The molecule has 0 spiro atoms. The quantitative estimate of drug-likeness (QED) is 0.696. The average molecular weight is 440 g/mol. The molecule has 0 unspecified atom stereocenters. The van der Waals surface area contributed by atoms with Crippen molar-refractivity contribution in [2.24, 2.45) is 0 Å². The Morgan fingerprint density at radius 1 is 1.29 bits per heavy atom. The van der Waals surface area contributed by atoms with Gasteiger partial charge in [0.05, 0.1) is 37.1 Å². The van der Waals surface area contributed by atoms with E-state index in [0.29, 0.717) is 32.8 Å². The number of nitrogens with one attached hydrogen (secondary N) is 1. The van der Waals surface area contributed by atoms with E-state index in [1.54, 1.807) is 0 Å². The van der Waals surface area contributed by atoms with Gasteiger partial charge in [-0.25, -0.2) is 4.68 Å². The molecule has 1 aliphatic heterocycles. The number of carbonyl (C=O) groups is 1. The van der Waals surface area contributed by atoms with Crippen molar-refractivity contribution in [1.82, 2.24) is 20.0 Å². The molecule has 0 aliphatic carbocycles. The number of aryl methyl sites for hydroxylation is 1. The number of aromatic nitrogens is 2. The van der Waals surface area contributed by atoms with E-state index in [-0.39, 0.29) is 18.0 Å². The molecule has 11 heteroatoms. The highest BCUT2D eigenvalue weighted by molar-refractivity contribution is 5.92. The maximum atomic E-state index is 13.1. The molecule has 1 atom stereocenters. The summed E-state index contributed by atoms with van der Waals surface area (Å²) in [5, 5.41) is 16.2. The maximum Gasteiger partial charge on any atom is 0.416 e. The van der Waals surface area contributed by atoms with Gasteiger partial charge >= 0.3 is 6.18 Å². The molecule has 2 aromatic rings. The van der Waals surface area contributed by atoms with E-state index in [1.807, 2.05) is 4.90 Å². The Hall–Kier alpha value is -2.76. The summed E-state index contributed by atoms with van der Waals surface area (Å²) in [5.41, 5.74) is -1.67. The number of alkyl halides is 3. The summed E-state index contributed by atoms with van der Waals surface area (Å²) >= 11 is 0. The lowest BCUT2D eigenvalue weighted by molar-refractivity contribution is -0.137. The van der Waals surface area contributed by atoms with Gasteiger partial charge in [0, 0.05) is 31.4 Å². The van der Waals surface area contributed by atoms with E-state index in [9.17, 15) is 27.9 Å². The highest BCUT2D eigenvalue weighted by atomic mass is 19.4. The Morgan fingerprint density at radius 3 is 2.65 bits per heavy atom. The summed E-state index contributed by atoms with van der Waals surface area (Å²) in [6.07, 6.45) is -4.54. The van der Waals surface area contributed by atoms with Crippen LogP contribution >= 0.6 is 0 Å². The number of halogens is 3.